The molecule has 4 heterocycles. The highest BCUT2D eigenvalue weighted by Gasteiger charge is 2.23. The molecule has 0 saturated heterocycles. The first kappa shape index (κ1) is 55.9. The molecule has 16 nitrogen and oxygen atoms in total. The smallest absolute Gasteiger partial charge is 0.161 e. The van der Waals surface area contributed by atoms with E-state index in [-0.39, 0.29) is 65.8 Å². The van der Waals surface area contributed by atoms with Crippen LogP contribution >= 0.6 is 0 Å². The number of nitrogens with one attached hydrogen (secondary N) is 4. The highest BCUT2D eigenvalue weighted by molar-refractivity contribution is 6.13. The molecule has 0 aliphatic carbocycles. The third-order valence-corrected chi connectivity index (χ3v) is 15.7. The summed E-state index contributed by atoms with van der Waals surface area (Å²) in [5.74, 6) is 3.66. The Hall–Kier alpha value is -9.26. The topological polar surface area (TPSA) is 206 Å². The molecule has 0 saturated carbocycles. The number of para-hydroxylation sites is 6. The van der Waals surface area contributed by atoms with E-state index in [9.17, 15) is 20.4 Å². The van der Waals surface area contributed by atoms with Crippen LogP contribution in [-0.2, 0) is 0 Å². The normalized spacial score (nSPS) is 13.5. The van der Waals surface area contributed by atoms with Gasteiger partial charge in [-0.2, -0.15) is 0 Å². The van der Waals surface area contributed by atoms with Crippen molar-refractivity contribution in [2.45, 2.75) is 24.4 Å². The summed E-state index contributed by atoms with van der Waals surface area (Å²) in [7, 11) is 0. The predicted molar refractivity (Wildman–Crippen MR) is 340 cm³/mol. The number of H-pyrrole nitrogens is 4. The predicted octanol–water partition coefficient (Wildman–Crippen LogP) is 11.3. The number of aromatic nitrogens is 4. The summed E-state index contributed by atoms with van der Waals surface area (Å²) in [5, 5.41) is 54.5. The number of nitrogens with zero attached hydrogens (tertiary/aromatic N) is 2. The minimum atomic E-state index is -0.931. The molecule has 0 spiro atoms. The Bertz CT molecular complexity index is 3910. The number of rotatable bonds is 28. The number of fused-ring (bicyclic) bond motifs is 12. The van der Waals surface area contributed by atoms with E-state index in [1.165, 1.54) is 0 Å². The van der Waals surface area contributed by atoms with Gasteiger partial charge < -0.3 is 68.8 Å². The molecule has 86 heavy (non-hydrogen) atoms. The summed E-state index contributed by atoms with van der Waals surface area (Å²) in [6.07, 6.45) is -3.72. The van der Waals surface area contributed by atoms with E-state index in [1.54, 1.807) is 0 Å². The van der Waals surface area contributed by atoms with E-state index in [2.05, 4.69) is 44.2 Å². The van der Waals surface area contributed by atoms with Crippen LogP contribution in [0.2, 0.25) is 0 Å². The van der Waals surface area contributed by atoms with Crippen LogP contribution in [0.1, 0.15) is 0 Å². The lowest BCUT2D eigenvalue weighted by Gasteiger charge is -2.28. The summed E-state index contributed by atoms with van der Waals surface area (Å²) in [6, 6.07) is 63.1. The van der Waals surface area contributed by atoms with Gasteiger partial charge in [-0.3, -0.25) is 9.80 Å². The highest BCUT2D eigenvalue weighted by Crippen LogP contribution is 2.37. The van der Waals surface area contributed by atoms with Gasteiger partial charge in [-0.15, -0.1) is 0 Å². The van der Waals surface area contributed by atoms with Crippen LogP contribution in [0.4, 0.5) is 0 Å². The van der Waals surface area contributed by atoms with Crippen molar-refractivity contribution in [3.8, 4) is 34.5 Å². The Morgan fingerprint density at radius 1 is 0.267 bits per heavy atom. The summed E-state index contributed by atoms with van der Waals surface area (Å²) in [5.41, 5.74) is 7.76. The Balaban J connectivity index is 0.672. The van der Waals surface area contributed by atoms with Crippen molar-refractivity contribution in [1.29, 1.82) is 0 Å². The molecule has 438 valence electrons. The largest absolute Gasteiger partial charge is 0.490 e. The fourth-order valence-electron chi connectivity index (χ4n) is 11.9. The molecule has 0 aliphatic rings. The summed E-state index contributed by atoms with van der Waals surface area (Å²) < 4.78 is 38.3. The van der Waals surface area contributed by atoms with Crippen molar-refractivity contribution in [3.05, 3.63) is 194 Å². The number of aliphatic hydroxyl groups excluding tert-OH is 4. The number of hydrogen-bond donors (Lipinski definition) is 8. The third kappa shape index (κ3) is 12.3. The zero-order chi connectivity index (χ0) is 58.3. The monoisotopic (exact) mass is 1150 g/mol. The zero-order valence-electron chi connectivity index (χ0n) is 47.4. The van der Waals surface area contributed by atoms with Gasteiger partial charge in [0.25, 0.3) is 0 Å². The molecule has 4 aromatic heterocycles. The average Bonchev–Trinajstić information content (AvgIpc) is 2.19. The number of aliphatic hydroxyl groups is 4. The van der Waals surface area contributed by atoms with Crippen molar-refractivity contribution >= 4 is 87.2 Å². The van der Waals surface area contributed by atoms with Crippen LogP contribution in [0.5, 0.6) is 34.5 Å². The van der Waals surface area contributed by atoms with Crippen LogP contribution in [0.3, 0.4) is 0 Å². The van der Waals surface area contributed by atoms with Crippen molar-refractivity contribution in [1.82, 2.24) is 29.7 Å². The van der Waals surface area contributed by atoms with E-state index >= 15 is 0 Å². The van der Waals surface area contributed by atoms with Gasteiger partial charge in [0.05, 0.1) is 22.1 Å². The van der Waals surface area contributed by atoms with Crippen LogP contribution in [0.25, 0.3) is 87.2 Å². The number of ether oxygens (including phenoxy) is 6. The fraction of sp³-hybridized carbons (Fsp3) is 0.229. The maximum absolute atomic E-state index is 11.6. The fourth-order valence-corrected chi connectivity index (χ4v) is 11.9. The Morgan fingerprint density at radius 2 is 0.500 bits per heavy atom. The molecule has 0 fully saturated rings. The van der Waals surface area contributed by atoms with E-state index < -0.39 is 24.4 Å². The molecular weight excluding hydrogens is 1080 g/mol. The summed E-state index contributed by atoms with van der Waals surface area (Å²) >= 11 is 0. The molecule has 0 amide bonds. The minimum absolute atomic E-state index is 0.00991. The lowest BCUT2D eigenvalue weighted by Crippen LogP contribution is -2.43. The molecule has 13 aromatic rings. The first-order valence-electron chi connectivity index (χ1n) is 29.3. The van der Waals surface area contributed by atoms with Gasteiger partial charge >= 0.3 is 0 Å². The number of aromatic amines is 4. The van der Waals surface area contributed by atoms with E-state index in [0.717, 1.165) is 87.2 Å². The van der Waals surface area contributed by atoms with Gasteiger partial charge in [-0.25, -0.2) is 0 Å². The lowest BCUT2D eigenvalue weighted by atomic mass is 10.1. The van der Waals surface area contributed by atoms with Gasteiger partial charge in [0.15, 0.2) is 11.5 Å². The minimum Gasteiger partial charge on any atom is -0.490 e. The molecule has 0 aliphatic heterocycles. The molecule has 13 rings (SSSR count). The van der Waals surface area contributed by atoms with Crippen LogP contribution in [0.15, 0.2) is 194 Å². The number of benzene rings is 9. The second-order valence-electron chi connectivity index (χ2n) is 21.9. The van der Waals surface area contributed by atoms with E-state index in [4.69, 9.17) is 28.4 Å². The Labute approximate surface area is 495 Å². The van der Waals surface area contributed by atoms with Gasteiger partial charge in [0.2, 0.25) is 0 Å². The molecular formula is C70H68N6O10. The lowest BCUT2D eigenvalue weighted by molar-refractivity contribution is 0.0257. The van der Waals surface area contributed by atoms with Gasteiger partial charge in [-0.05, 0) is 84.9 Å². The SMILES string of the molecule is OC(COc1cccc2[nH]c3ccccc3c12)CN(CCOc1ccccc1OCCN(CC(O)COc1cccc2[nH]c3ccccc3c12)CC(O)COc1cccc2[nH]c3ccccc3c12)CC(O)COc1cccc2[nH]c3ccccc3c12. The van der Waals surface area contributed by atoms with E-state index in [0.29, 0.717) is 47.6 Å². The second kappa shape index (κ2) is 25.5. The molecule has 16 heteroatoms. The van der Waals surface area contributed by atoms with Gasteiger partial charge in [0.1, 0.15) is 87.1 Å². The maximum Gasteiger partial charge on any atom is 0.161 e. The van der Waals surface area contributed by atoms with Crippen LogP contribution < -0.4 is 28.4 Å². The molecule has 0 radical (unpaired) electrons. The first-order valence-corrected chi connectivity index (χ1v) is 29.3. The van der Waals surface area contributed by atoms with Crippen LogP contribution in [0, 0.1) is 0 Å². The van der Waals surface area contributed by atoms with Crippen molar-refractivity contribution in [2.24, 2.45) is 0 Å². The average molecular weight is 1150 g/mol. The maximum atomic E-state index is 11.6. The van der Waals surface area contributed by atoms with Crippen LogP contribution in [-0.4, -0.2) is 153 Å². The quantitative estimate of drug-likeness (QED) is 0.0231. The highest BCUT2D eigenvalue weighted by atomic mass is 16.5. The standard InChI is InChI=1S/C70H68N6O10/c77-45(41-83-63-29-11-23-57-67(63)49-15-1-5-19-53(49)71-57)37-75(38-46(78)42-84-64-30-12-24-58-68(64)50-16-2-6-20-54(50)72-58)33-35-81-61-27-9-10-28-62(61)82-36-34-76(39-47(79)43-85-65-31-13-25-59-69(65)51-17-3-7-21-55(51)73-59)40-48(80)44-86-66-32-14-26-60-70(66)52-18-4-8-22-56(52)74-60/h1-32,45-48,71-74,77-80H,33-44H2. The number of hydrogen-bond acceptors (Lipinski definition) is 12. The second-order valence-corrected chi connectivity index (χ2v) is 21.9. The van der Waals surface area contributed by atoms with E-state index in [1.807, 2.05) is 180 Å². The Morgan fingerprint density at radius 3 is 0.779 bits per heavy atom. The van der Waals surface area contributed by atoms with Crippen molar-refractivity contribution in [3.63, 3.8) is 0 Å². The molecule has 4 unspecified atom stereocenters. The molecule has 0 bridgehead atoms. The zero-order valence-corrected chi connectivity index (χ0v) is 47.4. The Kier molecular flexibility index (Phi) is 16.6. The summed E-state index contributed by atoms with van der Waals surface area (Å²) in [4.78, 5) is 17.7. The van der Waals surface area contributed by atoms with Crippen molar-refractivity contribution in [2.75, 3.05) is 78.9 Å². The van der Waals surface area contributed by atoms with Gasteiger partial charge in [0, 0.05) is 104 Å². The summed E-state index contributed by atoms with van der Waals surface area (Å²) in [6.45, 7) is 1.75. The molecule has 9 aromatic carbocycles. The van der Waals surface area contributed by atoms with Crippen molar-refractivity contribution < 1.29 is 48.8 Å². The van der Waals surface area contributed by atoms with Gasteiger partial charge in [-0.1, -0.05) is 109 Å². The third-order valence-electron chi connectivity index (χ3n) is 15.7. The molecule has 4 atom stereocenters. The molecule has 8 N–H and O–H groups in total. The first-order chi connectivity index (χ1) is 42.3.